The summed E-state index contributed by atoms with van der Waals surface area (Å²) in [5.41, 5.74) is 0. The van der Waals surface area contributed by atoms with E-state index < -0.39 is 91.5 Å². The van der Waals surface area contributed by atoms with Crippen molar-refractivity contribution in [3.05, 3.63) is 194 Å². The van der Waals surface area contributed by atoms with Crippen molar-refractivity contribution >= 4 is 33.6 Å². The van der Waals surface area contributed by atoms with Crippen LogP contribution >= 0.6 is 15.6 Å². The molecule has 0 saturated heterocycles. The molecular formula is C97H160O16P2. The first-order valence-corrected chi connectivity index (χ1v) is 47.7. The third kappa shape index (κ3) is 89.0. The van der Waals surface area contributed by atoms with E-state index in [1.807, 2.05) is 0 Å². The van der Waals surface area contributed by atoms with Crippen molar-refractivity contribution in [2.45, 2.75) is 360 Å². The Morgan fingerprint density at radius 3 is 0.730 bits per heavy atom. The van der Waals surface area contributed by atoms with E-state index in [2.05, 4.69) is 215 Å². The summed E-state index contributed by atoms with van der Waals surface area (Å²) in [5.74, 6) is -1.61. The molecule has 0 saturated carbocycles. The van der Waals surface area contributed by atoms with Gasteiger partial charge in [-0.15, -0.1) is 0 Å². The predicted octanol–water partition coefficient (Wildman–Crippen LogP) is 27.4. The van der Waals surface area contributed by atoms with Gasteiger partial charge in [0.2, 0.25) is 0 Å². The molecule has 0 radical (unpaired) electrons. The molecule has 0 rings (SSSR count). The molecule has 5 atom stereocenters. The molecule has 4 N–H and O–H groups in total. The van der Waals surface area contributed by atoms with Crippen LogP contribution in [-0.2, 0) is 55.8 Å². The molecule has 0 aliphatic carbocycles. The number of aliphatic hydroxyl groups excluding tert-OH is 2. The highest BCUT2D eigenvalue weighted by Gasteiger charge is 2.29. The van der Waals surface area contributed by atoms with E-state index in [-0.39, 0.29) is 19.3 Å². The third-order valence-corrected chi connectivity index (χ3v) is 20.2. The summed E-state index contributed by atoms with van der Waals surface area (Å²) >= 11 is 0. The summed E-state index contributed by atoms with van der Waals surface area (Å²) in [6.45, 7) is 2.41. The number of ether oxygens (including phenoxy) is 3. The van der Waals surface area contributed by atoms with E-state index >= 15 is 0 Å². The average molecular weight is 1640 g/mol. The van der Waals surface area contributed by atoms with Gasteiger partial charge in [0.15, 0.2) is 6.10 Å². The minimum Gasteiger partial charge on any atom is -0.463 e. The maximum atomic E-state index is 13.1. The largest absolute Gasteiger partial charge is 0.472 e. The fourth-order valence-corrected chi connectivity index (χ4v) is 13.1. The van der Waals surface area contributed by atoms with Crippen molar-refractivity contribution < 1.29 is 75.8 Å². The Balaban J connectivity index is 4.67. The third-order valence-electron chi connectivity index (χ3n) is 18.3. The summed E-state index contributed by atoms with van der Waals surface area (Å²) in [7, 11) is -9.83. The van der Waals surface area contributed by atoms with Gasteiger partial charge in [0, 0.05) is 19.3 Å². The molecule has 0 aliphatic heterocycles. The SMILES string of the molecule is CC/C=C\C/C=C\C/C=C\C/C=C\C/C=C\C/C=C\CCCCCCCCCCCCC(=O)OCC(O)COP(=O)(O)OCC(O)COP(=O)(O)OCC(COC(=O)CCCCCCCCCCCC/C=C\C/C=C\C/C=C\C/C=C\C/C=C\C/C=C\CC)OC(=O)CCCCCCC/C=C\C/C=C\C/C=C\C/C=C\CCCCC. The number of rotatable bonds is 83. The maximum Gasteiger partial charge on any atom is 0.472 e. The van der Waals surface area contributed by atoms with Crippen LogP contribution in [0.5, 0.6) is 0 Å². The summed E-state index contributed by atoms with van der Waals surface area (Å²) in [4.78, 5) is 59.0. The van der Waals surface area contributed by atoms with Crippen LogP contribution in [0.25, 0.3) is 0 Å². The minimum absolute atomic E-state index is 0.0762. The van der Waals surface area contributed by atoms with Crippen LogP contribution in [0.3, 0.4) is 0 Å². The fraction of sp³-hybridized carbons (Fsp3) is 0.639. The lowest BCUT2D eigenvalue weighted by molar-refractivity contribution is -0.161. The molecule has 0 amide bonds. The number of hydrogen-bond acceptors (Lipinski definition) is 14. The molecule has 0 spiro atoms. The van der Waals surface area contributed by atoms with Gasteiger partial charge in [-0.3, -0.25) is 32.5 Å². The Morgan fingerprint density at radius 1 is 0.252 bits per heavy atom. The molecule has 16 nitrogen and oxygen atoms in total. The highest BCUT2D eigenvalue weighted by Crippen LogP contribution is 2.45. The number of phosphoric acid groups is 2. The molecule has 0 aromatic heterocycles. The van der Waals surface area contributed by atoms with Crippen molar-refractivity contribution in [3.63, 3.8) is 0 Å². The lowest BCUT2D eigenvalue weighted by atomic mass is 10.1. The van der Waals surface area contributed by atoms with Crippen LogP contribution in [-0.4, -0.2) is 95.9 Å². The van der Waals surface area contributed by atoms with Crippen LogP contribution in [0.4, 0.5) is 0 Å². The molecule has 0 fully saturated rings. The second-order valence-electron chi connectivity index (χ2n) is 29.3. The molecule has 0 aromatic carbocycles. The van der Waals surface area contributed by atoms with Gasteiger partial charge >= 0.3 is 33.6 Å². The Kier molecular flexibility index (Phi) is 83.4. The van der Waals surface area contributed by atoms with Crippen LogP contribution in [0.1, 0.15) is 342 Å². The van der Waals surface area contributed by atoms with Crippen LogP contribution in [0.2, 0.25) is 0 Å². The van der Waals surface area contributed by atoms with Gasteiger partial charge in [-0.1, -0.05) is 350 Å². The maximum absolute atomic E-state index is 13.1. The number of esters is 3. The summed E-state index contributed by atoms with van der Waals surface area (Å²) in [6, 6.07) is 0. The van der Waals surface area contributed by atoms with Gasteiger partial charge < -0.3 is 34.2 Å². The number of carbonyl (C=O) groups excluding carboxylic acids is 3. The summed E-state index contributed by atoms with van der Waals surface area (Å²) in [6.07, 6.45) is 116. The van der Waals surface area contributed by atoms with E-state index in [9.17, 15) is 43.5 Å². The smallest absolute Gasteiger partial charge is 0.463 e. The zero-order valence-corrected chi connectivity index (χ0v) is 73.7. The van der Waals surface area contributed by atoms with E-state index in [0.29, 0.717) is 19.3 Å². The second kappa shape index (κ2) is 87.7. The first kappa shape index (κ1) is 109. The molecular weight excluding hydrogens is 1480 g/mol. The Morgan fingerprint density at radius 2 is 0.461 bits per heavy atom. The summed E-state index contributed by atoms with van der Waals surface area (Å²) < 4.78 is 61.4. The first-order valence-electron chi connectivity index (χ1n) is 44.7. The van der Waals surface area contributed by atoms with Gasteiger partial charge in [0.1, 0.15) is 25.4 Å². The quantitative estimate of drug-likeness (QED) is 0.0146. The number of aliphatic hydroxyl groups is 2. The van der Waals surface area contributed by atoms with Crippen molar-refractivity contribution in [3.8, 4) is 0 Å². The lowest BCUT2D eigenvalue weighted by Crippen LogP contribution is -2.30. The van der Waals surface area contributed by atoms with Crippen molar-refractivity contribution in [1.29, 1.82) is 0 Å². The second-order valence-corrected chi connectivity index (χ2v) is 32.2. The zero-order chi connectivity index (χ0) is 83.6. The average Bonchev–Trinajstić information content (AvgIpc) is 0.901. The van der Waals surface area contributed by atoms with E-state index in [1.54, 1.807) is 0 Å². The van der Waals surface area contributed by atoms with E-state index in [4.69, 9.17) is 32.3 Å². The lowest BCUT2D eigenvalue weighted by Gasteiger charge is -2.21. The molecule has 18 heteroatoms. The Bertz CT molecular complexity index is 2870. The number of allylic oxidation sites excluding steroid dienone is 32. The van der Waals surface area contributed by atoms with Crippen LogP contribution in [0, 0.1) is 0 Å². The summed E-state index contributed by atoms with van der Waals surface area (Å²) in [5, 5.41) is 20.7. The number of carbonyl (C=O) groups is 3. The number of unbranched alkanes of at least 4 members (excludes halogenated alkanes) is 28. The van der Waals surface area contributed by atoms with Gasteiger partial charge in [-0.2, -0.15) is 0 Å². The number of phosphoric ester groups is 2. The van der Waals surface area contributed by atoms with E-state index in [0.717, 1.165) is 199 Å². The Hall–Kier alpha value is -5.61. The van der Waals surface area contributed by atoms with E-state index in [1.165, 1.54) is 83.5 Å². The highest BCUT2D eigenvalue weighted by molar-refractivity contribution is 7.47. The molecule has 5 unspecified atom stereocenters. The van der Waals surface area contributed by atoms with Gasteiger partial charge in [-0.05, 0) is 167 Å². The molecule has 115 heavy (non-hydrogen) atoms. The topological polar surface area (TPSA) is 231 Å². The van der Waals surface area contributed by atoms with Gasteiger partial charge in [0.05, 0.1) is 26.4 Å². The Labute approximate surface area is 699 Å². The van der Waals surface area contributed by atoms with Crippen LogP contribution in [0.15, 0.2) is 194 Å². The monoisotopic (exact) mass is 1640 g/mol. The van der Waals surface area contributed by atoms with Crippen molar-refractivity contribution in [2.75, 3.05) is 39.6 Å². The molecule has 0 bridgehead atoms. The first-order chi connectivity index (χ1) is 56.2. The van der Waals surface area contributed by atoms with Crippen LogP contribution < -0.4 is 0 Å². The standard InChI is InChI=1S/C97H160O16P2/c1-4-7-10-13-16-19-22-25-28-31-34-37-39-41-43-45-47-49-51-54-56-59-62-65-68-71-74-77-80-83-95(100)107-86-92(98)87-109-114(103,104)110-88-93(99)89-111-115(105,106)112-91-94(113-97(102)85-82-79-76-73-70-67-64-61-58-53-36-33-30-27-24-21-18-15-12-9-6-3)90-108-96(101)84-81-78-75-72-69-66-63-60-57-55-52-50-48-46-44-42-40-38-35-32-29-26-23-20-17-14-11-8-5-2/h7-8,10-11,16-21,25-30,34-38,41-44,47-50,53,61,64,92-94,98-99H,4-6,9,12-15,22-24,31-33,39-40,45-46,51-52,54-60,62-63,65-91H2,1-3H3,(H,103,104)(H,105,106)/b10-7-,11-8-,19-16-,20-17-,21-18-,28-25-,29-26-,30-27-,37-34-,38-35-,43-41-,44-42-,49-47-,50-48-,53-36-,64-61-. The number of hydrogen-bond donors (Lipinski definition) is 4. The minimum atomic E-state index is -4.95. The highest BCUT2D eigenvalue weighted by atomic mass is 31.2. The van der Waals surface area contributed by atoms with Crippen molar-refractivity contribution in [1.82, 2.24) is 0 Å². The molecule has 0 aromatic rings. The van der Waals surface area contributed by atoms with Crippen molar-refractivity contribution in [2.24, 2.45) is 0 Å². The zero-order valence-electron chi connectivity index (χ0n) is 71.9. The van der Waals surface area contributed by atoms with Gasteiger partial charge in [-0.25, -0.2) is 9.13 Å². The van der Waals surface area contributed by atoms with Gasteiger partial charge in [0.25, 0.3) is 0 Å². The molecule has 0 heterocycles. The fourth-order valence-electron chi connectivity index (χ4n) is 11.6. The molecule has 654 valence electrons. The molecule has 0 aliphatic rings. The predicted molar refractivity (Wildman–Crippen MR) is 481 cm³/mol. The normalized spacial score (nSPS) is 14.7.